The molecule has 1 aromatic heterocycles. The second-order valence-corrected chi connectivity index (χ2v) is 6.87. The van der Waals surface area contributed by atoms with Crippen molar-refractivity contribution in [2.45, 2.75) is 5.92 Å². The topological polar surface area (TPSA) is 62.7 Å². The van der Waals surface area contributed by atoms with E-state index in [-0.39, 0.29) is 11.8 Å². The number of nitriles is 1. The van der Waals surface area contributed by atoms with Crippen molar-refractivity contribution in [2.75, 3.05) is 0 Å². The molecule has 0 spiro atoms. The second kappa shape index (κ2) is 8.55. The maximum absolute atomic E-state index is 9.61. The predicted molar refractivity (Wildman–Crippen MR) is 113 cm³/mol. The van der Waals surface area contributed by atoms with E-state index >= 15 is 0 Å². The van der Waals surface area contributed by atoms with Crippen LogP contribution >= 0.6 is 11.6 Å². The van der Waals surface area contributed by atoms with Crippen molar-refractivity contribution in [1.29, 1.82) is 5.26 Å². The fraction of sp³-hybridized carbons (Fsp3) is 0.0417. The Balaban J connectivity index is 1.74. The van der Waals surface area contributed by atoms with Gasteiger partial charge in [-0.1, -0.05) is 89.6 Å². The summed E-state index contributed by atoms with van der Waals surface area (Å²) in [5.74, 6) is 0.509. The van der Waals surface area contributed by atoms with Crippen LogP contribution in [0.1, 0.15) is 34.3 Å². The molecule has 4 aromatic rings. The molecule has 0 unspecified atom stereocenters. The number of hydrogen-bond donors (Lipinski definition) is 0. The predicted octanol–water partition coefficient (Wildman–Crippen LogP) is 5.97. The third-order valence-corrected chi connectivity index (χ3v) is 4.75. The monoisotopic (exact) mass is 397 g/mol. The molecule has 4 rings (SSSR count). The lowest BCUT2D eigenvalue weighted by Gasteiger charge is -2.14. The van der Waals surface area contributed by atoms with E-state index in [2.05, 4.69) is 16.2 Å². The highest BCUT2D eigenvalue weighted by Gasteiger charge is 2.23. The first-order chi connectivity index (χ1) is 14.2. The minimum absolute atomic E-state index is 0.189. The van der Waals surface area contributed by atoms with Crippen molar-refractivity contribution in [3.63, 3.8) is 0 Å². The zero-order valence-corrected chi connectivity index (χ0v) is 16.1. The van der Waals surface area contributed by atoms with Gasteiger partial charge >= 0.3 is 0 Å². The van der Waals surface area contributed by atoms with Gasteiger partial charge in [-0.3, -0.25) is 0 Å². The smallest absolute Gasteiger partial charge is 0.268 e. The van der Waals surface area contributed by atoms with Crippen LogP contribution in [0.25, 0.3) is 11.6 Å². The van der Waals surface area contributed by atoms with E-state index in [4.69, 9.17) is 16.1 Å². The number of aromatic nitrogens is 2. The summed E-state index contributed by atoms with van der Waals surface area (Å²) in [5.41, 5.74) is 3.22. The highest BCUT2D eigenvalue weighted by Crippen LogP contribution is 2.30. The zero-order chi connectivity index (χ0) is 20.1. The zero-order valence-electron chi connectivity index (χ0n) is 15.4. The Morgan fingerprint density at radius 2 is 1.48 bits per heavy atom. The van der Waals surface area contributed by atoms with Gasteiger partial charge in [0.15, 0.2) is 5.82 Å². The number of rotatable bonds is 5. The van der Waals surface area contributed by atoms with E-state index < -0.39 is 0 Å². The maximum atomic E-state index is 9.61. The molecule has 0 aliphatic rings. The number of nitrogens with zero attached hydrogens (tertiary/aromatic N) is 3. The van der Waals surface area contributed by atoms with Crippen LogP contribution in [-0.4, -0.2) is 10.1 Å². The molecule has 0 saturated heterocycles. The second-order valence-electron chi connectivity index (χ2n) is 6.43. The molecule has 5 heteroatoms. The van der Waals surface area contributed by atoms with Crippen LogP contribution < -0.4 is 0 Å². The molecule has 0 fully saturated rings. The van der Waals surface area contributed by atoms with Crippen molar-refractivity contribution in [2.24, 2.45) is 0 Å². The first-order valence-electron chi connectivity index (χ1n) is 9.06. The molecule has 4 nitrogen and oxygen atoms in total. The molecular formula is C24H16ClN3O. The minimum Gasteiger partial charge on any atom is -0.333 e. The lowest BCUT2D eigenvalue weighted by atomic mass is 9.91. The van der Waals surface area contributed by atoms with Gasteiger partial charge in [0.25, 0.3) is 5.89 Å². The van der Waals surface area contributed by atoms with E-state index in [0.717, 1.165) is 16.7 Å². The molecule has 0 saturated carbocycles. The van der Waals surface area contributed by atoms with E-state index in [1.54, 1.807) is 18.2 Å². The van der Waals surface area contributed by atoms with Crippen LogP contribution in [0.15, 0.2) is 89.5 Å². The summed E-state index contributed by atoms with van der Waals surface area (Å²) in [5, 5.41) is 14.4. The van der Waals surface area contributed by atoms with Crippen LogP contribution in [0.2, 0.25) is 5.02 Å². The number of benzene rings is 3. The summed E-state index contributed by atoms with van der Waals surface area (Å²) in [4.78, 5) is 4.55. The highest BCUT2D eigenvalue weighted by molar-refractivity contribution is 6.30. The standard InChI is InChI=1S/C24H16ClN3O/c25-21-13-11-17(12-14-21)15-20(16-26)24-27-23(28-29-24)22(18-7-3-1-4-8-18)19-9-5-2-6-10-19/h1-15,22H/b20-15+. The van der Waals surface area contributed by atoms with Gasteiger partial charge in [0.1, 0.15) is 11.6 Å². The molecule has 0 amide bonds. The summed E-state index contributed by atoms with van der Waals surface area (Å²) in [7, 11) is 0. The van der Waals surface area contributed by atoms with Gasteiger partial charge in [0.2, 0.25) is 0 Å². The van der Waals surface area contributed by atoms with E-state index in [0.29, 0.717) is 16.4 Å². The van der Waals surface area contributed by atoms with Gasteiger partial charge < -0.3 is 4.52 Å². The van der Waals surface area contributed by atoms with Crippen LogP contribution in [0.4, 0.5) is 0 Å². The van der Waals surface area contributed by atoms with Crippen LogP contribution in [0.5, 0.6) is 0 Å². The molecule has 0 bridgehead atoms. The van der Waals surface area contributed by atoms with E-state index in [1.807, 2.05) is 72.8 Å². The Morgan fingerprint density at radius 1 is 0.897 bits per heavy atom. The highest BCUT2D eigenvalue weighted by atomic mass is 35.5. The van der Waals surface area contributed by atoms with Gasteiger partial charge in [-0.05, 0) is 34.9 Å². The van der Waals surface area contributed by atoms with Gasteiger partial charge in [0.05, 0.1) is 5.92 Å². The number of allylic oxidation sites excluding steroid dienone is 1. The lowest BCUT2D eigenvalue weighted by molar-refractivity contribution is 0.401. The molecule has 0 aliphatic carbocycles. The molecule has 140 valence electrons. The van der Waals surface area contributed by atoms with E-state index in [9.17, 15) is 5.26 Å². The summed E-state index contributed by atoms with van der Waals surface area (Å²) < 4.78 is 5.46. The van der Waals surface area contributed by atoms with Crippen molar-refractivity contribution in [1.82, 2.24) is 10.1 Å². The SMILES string of the molecule is N#C/C(=C\c1ccc(Cl)cc1)c1nc(C(c2ccccc2)c2ccccc2)no1. The first-order valence-corrected chi connectivity index (χ1v) is 9.43. The molecular weight excluding hydrogens is 382 g/mol. The Kier molecular flexibility index (Phi) is 5.51. The van der Waals surface area contributed by atoms with Gasteiger partial charge in [0, 0.05) is 5.02 Å². The molecule has 0 atom stereocenters. The normalized spacial score (nSPS) is 11.4. The summed E-state index contributed by atoms with van der Waals surface area (Å²) >= 11 is 5.93. The number of hydrogen-bond acceptors (Lipinski definition) is 4. The Morgan fingerprint density at radius 3 is 2.03 bits per heavy atom. The lowest BCUT2D eigenvalue weighted by Crippen LogP contribution is -2.05. The Labute approximate surface area is 173 Å². The summed E-state index contributed by atoms with van der Waals surface area (Å²) in [6.07, 6.45) is 1.70. The first kappa shape index (κ1) is 18.7. The van der Waals surface area contributed by atoms with E-state index in [1.165, 1.54) is 0 Å². The Hall–Kier alpha value is -3.68. The van der Waals surface area contributed by atoms with Gasteiger partial charge in [-0.2, -0.15) is 10.2 Å². The quantitative estimate of drug-likeness (QED) is 0.389. The van der Waals surface area contributed by atoms with Crippen LogP contribution in [-0.2, 0) is 0 Å². The minimum atomic E-state index is -0.189. The van der Waals surface area contributed by atoms with Gasteiger partial charge in [-0.25, -0.2) is 0 Å². The fourth-order valence-corrected chi connectivity index (χ4v) is 3.24. The van der Waals surface area contributed by atoms with Crippen molar-refractivity contribution >= 4 is 23.3 Å². The molecule has 1 heterocycles. The number of halogens is 1. The maximum Gasteiger partial charge on any atom is 0.268 e. The van der Waals surface area contributed by atoms with Crippen LogP contribution in [0, 0.1) is 11.3 Å². The fourth-order valence-electron chi connectivity index (χ4n) is 3.11. The molecule has 29 heavy (non-hydrogen) atoms. The summed E-state index contributed by atoms with van der Waals surface area (Å²) in [6, 6.07) is 29.3. The van der Waals surface area contributed by atoms with Crippen LogP contribution in [0.3, 0.4) is 0 Å². The van der Waals surface area contributed by atoms with Crippen molar-refractivity contribution in [3.8, 4) is 6.07 Å². The molecule has 0 N–H and O–H groups in total. The average molecular weight is 398 g/mol. The third kappa shape index (κ3) is 4.26. The largest absolute Gasteiger partial charge is 0.333 e. The van der Waals surface area contributed by atoms with Crippen molar-refractivity contribution < 1.29 is 4.52 Å². The van der Waals surface area contributed by atoms with Crippen molar-refractivity contribution in [3.05, 3.63) is 118 Å². The summed E-state index contributed by atoms with van der Waals surface area (Å²) in [6.45, 7) is 0. The third-order valence-electron chi connectivity index (χ3n) is 4.50. The average Bonchev–Trinajstić information content (AvgIpc) is 3.24. The Bertz CT molecular complexity index is 1120. The van der Waals surface area contributed by atoms with Gasteiger partial charge in [-0.15, -0.1) is 0 Å². The molecule has 0 radical (unpaired) electrons. The molecule has 3 aromatic carbocycles. The molecule has 0 aliphatic heterocycles.